The molecular formula is C20H20Cl2N2O. The number of halogens is 2. The lowest BCUT2D eigenvalue weighted by Crippen LogP contribution is -2.18. The van der Waals surface area contributed by atoms with Gasteiger partial charge in [0.05, 0.1) is 22.1 Å². The summed E-state index contributed by atoms with van der Waals surface area (Å²) in [7, 11) is 0. The molecule has 4 rings (SSSR count). The summed E-state index contributed by atoms with van der Waals surface area (Å²) in [6, 6.07) is 13.7. The minimum absolute atomic E-state index is 0.594. The van der Waals surface area contributed by atoms with E-state index in [1.807, 2.05) is 42.5 Å². The van der Waals surface area contributed by atoms with Gasteiger partial charge in [-0.15, -0.1) is 0 Å². The van der Waals surface area contributed by atoms with Crippen LogP contribution in [0.1, 0.15) is 11.3 Å². The SMILES string of the molecule is Clc1ccc(Cl)c2c1c1c(n2CCOc2ccccc2)CCNCC1. The van der Waals surface area contributed by atoms with Crippen LogP contribution in [-0.2, 0) is 19.4 Å². The van der Waals surface area contributed by atoms with Gasteiger partial charge in [-0.25, -0.2) is 0 Å². The summed E-state index contributed by atoms with van der Waals surface area (Å²) in [5.41, 5.74) is 3.69. The summed E-state index contributed by atoms with van der Waals surface area (Å²) in [6.45, 7) is 3.28. The minimum Gasteiger partial charge on any atom is -0.492 e. The van der Waals surface area contributed by atoms with Crippen LogP contribution in [0, 0.1) is 0 Å². The van der Waals surface area contributed by atoms with Gasteiger partial charge in [0.1, 0.15) is 12.4 Å². The van der Waals surface area contributed by atoms with Crippen LogP contribution in [-0.4, -0.2) is 24.3 Å². The van der Waals surface area contributed by atoms with Crippen molar-refractivity contribution >= 4 is 34.1 Å². The van der Waals surface area contributed by atoms with Gasteiger partial charge >= 0.3 is 0 Å². The lowest BCUT2D eigenvalue weighted by atomic mass is 10.1. The third kappa shape index (κ3) is 3.24. The molecule has 2 aromatic carbocycles. The normalized spacial score (nSPS) is 14.3. The molecule has 130 valence electrons. The van der Waals surface area contributed by atoms with E-state index in [1.54, 1.807) is 0 Å². The highest BCUT2D eigenvalue weighted by Gasteiger charge is 2.22. The minimum atomic E-state index is 0.594. The Morgan fingerprint density at radius 1 is 0.960 bits per heavy atom. The number of benzene rings is 2. The van der Waals surface area contributed by atoms with E-state index < -0.39 is 0 Å². The number of nitrogens with zero attached hydrogens (tertiary/aromatic N) is 1. The van der Waals surface area contributed by atoms with Crippen molar-refractivity contribution in [3.05, 3.63) is 63.8 Å². The zero-order valence-corrected chi connectivity index (χ0v) is 15.4. The third-order valence-corrected chi connectivity index (χ3v) is 5.36. The summed E-state index contributed by atoms with van der Waals surface area (Å²) in [5, 5.41) is 6.10. The molecule has 25 heavy (non-hydrogen) atoms. The molecule has 1 aromatic heterocycles. The fraction of sp³-hybridized carbons (Fsp3) is 0.300. The summed E-state index contributed by atoms with van der Waals surface area (Å²) in [4.78, 5) is 0. The quantitative estimate of drug-likeness (QED) is 0.715. The molecular weight excluding hydrogens is 355 g/mol. The van der Waals surface area contributed by atoms with E-state index in [-0.39, 0.29) is 0 Å². The highest BCUT2D eigenvalue weighted by molar-refractivity contribution is 6.40. The molecule has 1 aliphatic rings. The van der Waals surface area contributed by atoms with Gasteiger partial charge in [0.2, 0.25) is 0 Å². The lowest BCUT2D eigenvalue weighted by Gasteiger charge is -2.13. The Morgan fingerprint density at radius 2 is 1.72 bits per heavy atom. The van der Waals surface area contributed by atoms with Crippen molar-refractivity contribution in [2.24, 2.45) is 0 Å². The molecule has 3 aromatic rings. The van der Waals surface area contributed by atoms with Crippen molar-refractivity contribution in [1.29, 1.82) is 0 Å². The van der Waals surface area contributed by atoms with Crippen LogP contribution in [0.15, 0.2) is 42.5 Å². The summed E-state index contributed by atoms with van der Waals surface area (Å²) in [5.74, 6) is 0.885. The molecule has 0 unspecified atom stereocenters. The predicted octanol–water partition coefficient (Wildman–Crippen LogP) is 4.72. The maximum Gasteiger partial charge on any atom is 0.119 e. The molecule has 0 radical (unpaired) electrons. The zero-order chi connectivity index (χ0) is 17.2. The van der Waals surface area contributed by atoms with Gasteiger partial charge in [0.25, 0.3) is 0 Å². The Balaban J connectivity index is 1.72. The molecule has 0 atom stereocenters. The van der Waals surface area contributed by atoms with E-state index in [0.29, 0.717) is 6.61 Å². The van der Waals surface area contributed by atoms with Gasteiger partial charge in [0.15, 0.2) is 0 Å². The molecule has 0 bridgehead atoms. The zero-order valence-electron chi connectivity index (χ0n) is 13.9. The topological polar surface area (TPSA) is 26.2 Å². The molecule has 0 saturated carbocycles. The summed E-state index contributed by atoms with van der Waals surface area (Å²) < 4.78 is 8.21. The van der Waals surface area contributed by atoms with Gasteiger partial charge in [0, 0.05) is 24.0 Å². The Hall–Kier alpha value is -1.68. The highest BCUT2D eigenvalue weighted by Crippen LogP contribution is 2.37. The van der Waals surface area contributed by atoms with Crippen molar-refractivity contribution in [1.82, 2.24) is 9.88 Å². The molecule has 0 aliphatic carbocycles. The lowest BCUT2D eigenvalue weighted by molar-refractivity contribution is 0.299. The number of para-hydroxylation sites is 1. The summed E-state index contributed by atoms with van der Waals surface area (Å²) >= 11 is 13.1. The first-order valence-corrected chi connectivity index (χ1v) is 9.38. The van der Waals surface area contributed by atoms with E-state index in [4.69, 9.17) is 27.9 Å². The Labute approximate surface area is 157 Å². The molecule has 0 spiro atoms. The first-order chi connectivity index (χ1) is 12.3. The van der Waals surface area contributed by atoms with Crippen molar-refractivity contribution in [2.45, 2.75) is 19.4 Å². The third-order valence-electron chi connectivity index (χ3n) is 4.74. The van der Waals surface area contributed by atoms with Crippen LogP contribution in [0.3, 0.4) is 0 Å². The number of nitrogens with one attached hydrogen (secondary N) is 1. The Bertz CT molecular complexity index is 890. The first-order valence-electron chi connectivity index (χ1n) is 8.62. The second-order valence-electron chi connectivity index (χ2n) is 6.24. The Kier molecular flexibility index (Phi) is 4.89. The molecule has 3 nitrogen and oxygen atoms in total. The number of aromatic nitrogens is 1. The van der Waals surface area contributed by atoms with Crippen LogP contribution >= 0.6 is 23.2 Å². The van der Waals surface area contributed by atoms with Gasteiger partial charge in [-0.1, -0.05) is 41.4 Å². The number of ether oxygens (including phenoxy) is 1. The highest BCUT2D eigenvalue weighted by atomic mass is 35.5. The maximum atomic E-state index is 6.55. The maximum absolute atomic E-state index is 6.55. The molecule has 0 fully saturated rings. The molecule has 2 heterocycles. The molecule has 1 N–H and O–H groups in total. The largest absolute Gasteiger partial charge is 0.492 e. The van der Waals surface area contributed by atoms with E-state index in [2.05, 4.69) is 9.88 Å². The van der Waals surface area contributed by atoms with Crippen LogP contribution in [0.25, 0.3) is 10.9 Å². The number of fused-ring (bicyclic) bond motifs is 3. The molecule has 5 heteroatoms. The van der Waals surface area contributed by atoms with Crippen molar-refractivity contribution in [2.75, 3.05) is 19.7 Å². The van der Waals surface area contributed by atoms with Crippen LogP contribution in [0.5, 0.6) is 5.75 Å². The van der Waals surface area contributed by atoms with Gasteiger partial charge in [-0.05, 0) is 42.8 Å². The van der Waals surface area contributed by atoms with Crippen LogP contribution < -0.4 is 10.1 Å². The monoisotopic (exact) mass is 374 g/mol. The predicted molar refractivity (Wildman–Crippen MR) is 104 cm³/mol. The second-order valence-corrected chi connectivity index (χ2v) is 7.06. The number of hydrogen-bond donors (Lipinski definition) is 1. The van der Waals surface area contributed by atoms with Crippen LogP contribution in [0.2, 0.25) is 10.0 Å². The van der Waals surface area contributed by atoms with Crippen molar-refractivity contribution in [3.8, 4) is 5.75 Å². The van der Waals surface area contributed by atoms with Crippen molar-refractivity contribution in [3.63, 3.8) is 0 Å². The Morgan fingerprint density at radius 3 is 2.56 bits per heavy atom. The van der Waals surface area contributed by atoms with E-state index in [1.165, 1.54) is 11.3 Å². The van der Waals surface area contributed by atoms with E-state index in [0.717, 1.165) is 59.2 Å². The van der Waals surface area contributed by atoms with Crippen molar-refractivity contribution < 1.29 is 4.74 Å². The van der Waals surface area contributed by atoms with Gasteiger partial charge in [-0.3, -0.25) is 0 Å². The van der Waals surface area contributed by atoms with E-state index in [9.17, 15) is 0 Å². The smallest absolute Gasteiger partial charge is 0.119 e. The van der Waals surface area contributed by atoms with Gasteiger partial charge in [-0.2, -0.15) is 0 Å². The first kappa shape index (κ1) is 16.8. The summed E-state index contributed by atoms with van der Waals surface area (Å²) in [6.07, 6.45) is 1.94. The van der Waals surface area contributed by atoms with Gasteiger partial charge < -0.3 is 14.6 Å². The standard InChI is InChI=1S/C20H20Cl2N2O/c21-16-6-7-17(22)20-19(16)15-8-10-23-11-9-18(15)24(20)12-13-25-14-4-2-1-3-5-14/h1-7,23H,8-13H2. The average molecular weight is 375 g/mol. The van der Waals surface area contributed by atoms with E-state index >= 15 is 0 Å². The fourth-order valence-corrected chi connectivity index (χ4v) is 4.18. The molecule has 1 aliphatic heterocycles. The van der Waals surface area contributed by atoms with Crippen LogP contribution in [0.4, 0.5) is 0 Å². The molecule has 0 saturated heterocycles. The number of hydrogen-bond acceptors (Lipinski definition) is 2. The fourth-order valence-electron chi connectivity index (χ4n) is 3.65. The number of rotatable bonds is 4. The average Bonchev–Trinajstić information content (AvgIpc) is 2.78. The molecule has 0 amide bonds. The second kappa shape index (κ2) is 7.28.